The fraction of sp³-hybridized carbons (Fsp3) is 0.122. The Labute approximate surface area is 267 Å². The minimum Gasteiger partial charge on any atom is -0.478 e. The highest BCUT2D eigenvalue weighted by molar-refractivity contribution is 6.15. The van der Waals surface area contributed by atoms with Crippen molar-refractivity contribution in [3.05, 3.63) is 166 Å². The number of carboxylic acid groups (broad SMARTS) is 1. The molecule has 8 rings (SSSR count). The van der Waals surface area contributed by atoms with Crippen LogP contribution in [0.2, 0.25) is 0 Å². The van der Waals surface area contributed by atoms with Crippen molar-refractivity contribution in [3.63, 3.8) is 0 Å². The van der Waals surface area contributed by atoms with E-state index in [0.29, 0.717) is 17.7 Å². The fourth-order valence-corrected chi connectivity index (χ4v) is 7.24. The van der Waals surface area contributed by atoms with Crippen molar-refractivity contribution < 1.29 is 19.4 Å². The third kappa shape index (κ3) is 4.90. The average molecular weight is 602 g/mol. The molecule has 1 fully saturated rings. The van der Waals surface area contributed by atoms with Gasteiger partial charge < -0.3 is 14.7 Å². The van der Waals surface area contributed by atoms with Crippen LogP contribution in [0.3, 0.4) is 0 Å². The summed E-state index contributed by atoms with van der Waals surface area (Å²) in [6.07, 6.45) is 7.47. The lowest BCUT2D eigenvalue weighted by molar-refractivity contribution is 0.0697. The molecular weight excluding hydrogens is 570 g/mol. The summed E-state index contributed by atoms with van der Waals surface area (Å²) in [4.78, 5) is 27.0. The lowest BCUT2D eigenvalue weighted by atomic mass is 9.95. The molecule has 5 aromatic rings. The Morgan fingerprint density at radius 2 is 1.46 bits per heavy atom. The second-order valence-corrected chi connectivity index (χ2v) is 12.1. The molecule has 0 aromatic heterocycles. The van der Waals surface area contributed by atoms with Gasteiger partial charge in [0.2, 0.25) is 5.78 Å². The normalized spacial score (nSPS) is 18.6. The largest absolute Gasteiger partial charge is 0.478 e. The Kier molecular flexibility index (Phi) is 6.87. The first-order valence-electron chi connectivity index (χ1n) is 15.7. The molecule has 0 saturated heterocycles. The fourth-order valence-electron chi connectivity index (χ4n) is 7.24. The van der Waals surface area contributed by atoms with Crippen molar-refractivity contribution in [3.8, 4) is 5.75 Å². The van der Waals surface area contributed by atoms with Crippen molar-refractivity contribution >= 4 is 40.9 Å². The number of Topliss-reactive ketones (excluding diaryl/α,β-unsaturated/α-hetero) is 1. The van der Waals surface area contributed by atoms with Gasteiger partial charge in [0.05, 0.1) is 11.1 Å². The Morgan fingerprint density at radius 3 is 2.15 bits per heavy atom. The van der Waals surface area contributed by atoms with Crippen molar-refractivity contribution in [2.45, 2.75) is 31.2 Å². The number of carboxylic acids is 1. The van der Waals surface area contributed by atoms with Gasteiger partial charge in [-0.05, 0) is 101 Å². The molecule has 2 aliphatic heterocycles. The zero-order valence-corrected chi connectivity index (χ0v) is 25.1. The summed E-state index contributed by atoms with van der Waals surface area (Å²) in [5, 5.41) is 9.33. The van der Waals surface area contributed by atoms with E-state index >= 15 is 0 Å². The quantitative estimate of drug-likeness (QED) is 0.155. The van der Waals surface area contributed by atoms with Crippen LogP contribution in [0.5, 0.6) is 5.75 Å². The maximum absolute atomic E-state index is 13.1. The first kappa shape index (κ1) is 27.8. The summed E-state index contributed by atoms with van der Waals surface area (Å²) >= 11 is 0. The molecule has 2 atom stereocenters. The lowest BCUT2D eigenvalue weighted by Gasteiger charge is -2.27. The predicted octanol–water partition coefficient (Wildman–Crippen LogP) is 9.38. The summed E-state index contributed by atoms with van der Waals surface area (Å²) in [5.74, 6) is -0.341. The monoisotopic (exact) mass is 601 g/mol. The molecule has 5 aromatic carbocycles. The van der Waals surface area contributed by atoms with Gasteiger partial charge in [-0.3, -0.25) is 4.79 Å². The minimum atomic E-state index is -1.07. The van der Waals surface area contributed by atoms with Gasteiger partial charge in [-0.1, -0.05) is 85.3 Å². The number of ketones is 1. The van der Waals surface area contributed by atoms with Gasteiger partial charge in [-0.25, -0.2) is 4.79 Å². The van der Waals surface area contributed by atoms with Gasteiger partial charge in [-0.15, -0.1) is 0 Å². The number of anilines is 2. The third-order valence-electron chi connectivity index (χ3n) is 9.39. The van der Waals surface area contributed by atoms with E-state index in [9.17, 15) is 14.7 Å². The molecule has 1 N–H and O–H groups in total. The molecule has 2 heterocycles. The van der Waals surface area contributed by atoms with Crippen LogP contribution in [-0.2, 0) is 0 Å². The highest BCUT2D eigenvalue weighted by Crippen LogP contribution is 2.52. The predicted molar refractivity (Wildman–Crippen MR) is 182 cm³/mol. The Hall–Kier alpha value is -5.68. The van der Waals surface area contributed by atoms with Gasteiger partial charge in [0.15, 0.2) is 5.76 Å². The molecule has 46 heavy (non-hydrogen) atoms. The molecule has 5 heteroatoms. The molecule has 0 radical (unpaired) electrons. The maximum Gasteiger partial charge on any atom is 0.335 e. The van der Waals surface area contributed by atoms with Crippen LogP contribution in [0.25, 0.3) is 17.7 Å². The van der Waals surface area contributed by atoms with Crippen LogP contribution in [0.1, 0.15) is 73.7 Å². The number of carbonyl (C=O) groups is 2. The van der Waals surface area contributed by atoms with Crippen LogP contribution in [-0.4, -0.2) is 22.9 Å². The van der Waals surface area contributed by atoms with Gasteiger partial charge in [0, 0.05) is 23.3 Å². The van der Waals surface area contributed by atoms with E-state index in [4.69, 9.17) is 4.74 Å². The third-order valence-corrected chi connectivity index (χ3v) is 9.39. The summed E-state index contributed by atoms with van der Waals surface area (Å²) in [6, 6.07) is 41.1. The first-order valence-corrected chi connectivity index (χ1v) is 15.7. The van der Waals surface area contributed by atoms with E-state index in [-0.39, 0.29) is 22.7 Å². The van der Waals surface area contributed by atoms with Crippen LogP contribution in [0.15, 0.2) is 127 Å². The van der Waals surface area contributed by atoms with E-state index in [1.165, 1.54) is 52.2 Å². The van der Waals surface area contributed by atoms with Crippen molar-refractivity contribution in [2.75, 3.05) is 4.90 Å². The van der Waals surface area contributed by atoms with Crippen LogP contribution < -0.4 is 9.64 Å². The Bertz CT molecular complexity index is 2000. The summed E-state index contributed by atoms with van der Waals surface area (Å²) in [5.41, 5.74) is 9.64. The number of hydrogen-bond donors (Lipinski definition) is 1. The van der Waals surface area contributed by atoms with Gasteiger partial charge in [0.25, 0.3) is 0 Å². The number of benzene rings is 5. The molecule has 0 amide bonds. The Balaban J connectivity index is 1.10. The first-order chi connectivity index (χ1) is 22.5. The van der Waals surface area contributed by atoms with E-state index in [1.807, 2.05) is 18.2 Å². The summed E-state index contributed by atoms with van der Waals surface area (Å²) in [6.45, 7) is 0. The molecular formula is C41H31NO4. The Morgan fingerprint density at radius 1 is 0.761 bits per heavy atom. The lowest BCUT2D eigenvalue weighted by Crippen LogP contribution is -2.26. The summed E-state index contributed by atoms with van der Waals surface area (Å²) in [7, 11) is 0. The van der Waals surface area contributed by atoms with Crippen molar-refractivity contribution in [1.82, 2.24) is 0 Å². The molecule has 1 aliphatic carbocycles. The number of hydrogen-bond acceptors (Lipinski definition) is 4. The van der Waals surface area contributed by atoms with E-state index in [0.717, 1.165) is 24.0 Å². The van der Waals surface area contributed by atoms with E-state index in [1.54, 1.807) is 12.1 Å². The number of nitrogens with zero attached hydrogens (tertiary/aromatic N) is 1. The van der Waals surface area contributed by atoms with Crippen LogP contribution >= 0.6 is 0 Å². The zero-order chi connectivity index (χ0) is 31.2. The maximum atomic E-state index is 13.1. The standard InChI is InChI=1S/C41H31NO4/c43-40-35-25-30(41(44)45)17-21-38(35)46-39(40)24-27-16-20-37-34(23-27)32-12-7-13-36(32)42(37)31-18-14-26(15-19-31)22-33(28-8-3-1-4-9-28)29-10-5-2-6-11-29/h1-6,8-11,14-25,32,36H,7,12-13H2,(H,44,45)/b39-24+. The number of allylic oxidation sites excluding steroid dienone is 1. The summed E-state index contributed by atoms with van der Waals surface area (Å²) < 4.78 is 5.85. The zero-order valence-electron chi connectivity index (χ0n) is 25.1. The molecule has 1 saturated carbocycles. The smallest absolute Gasteiger partial charge is 0.335 e. The number of rotatable bonds is 6. The van der Waals surface area contributed by atoms with Gasteiger partial charge in [0.1, 0.15) is 5.75 Å². The van der Waals surface area contributed by atoms with Crippen molar-refractivity contribution in [2.24, 2.45) is 0 Å². The van der Waals surface area contributed by atoms with Gasteiger partial charge in [-0.2, -0.15) is 0 Å². The molecule has 0 spiro atoms. The number of carbonyl (C=O) groups excluding carboxylic acids is 1. The minimum absolute atomic E-state index is 0.0683. The van der Waals surface area contributed by atoms with Crippen molar-refractivity contribution in [1.29, 1.82) is 0 Å². The average Bonchev–Trinajstić information content (AvgIpc) is 3.77. The highest BCUT2D eigenvalue weighted by atomic mass is 16.5. The number of fused-ring (bicyclic) bond motifs is 4. The van der Waals surface area contributed by atoms with E-state index in [2.05, 4.69) is 95.9 Å². The van der Waals surface area contributed by atoms with Gasteiger partial charge >= 0.3 is 5.97 Å². The topological polar surface area (TPSA) is 66.8 Å². The molecule has 0 bridgehead atoms. The van der Waals surface area contributed by atoms with Crippen LogP contribution in [0, 0.1) is 0 Å². The molecule has 5 nitrogen and oxygen atoms in total. The SMILES string of the molecule is O=C(O)c1ccc2c(c1)C(=O)/C(=C\c1ccc3c(c1)C1CCCC1N3c1ccc(C=C(c3ccccc3)c3ccccc3)cc1)O2. The van der Waals surface area contributed by atoms with Crippen LogP contribution in [0.4, 0.5) is 11.4 Å². The molecule has 3 aliphatic rings. The number of ether oxygens (including phenoxy) is 1. The molecule has 2 unspecified atom stereocenters. The number of aromatic carboxylic acids is 1. The molecule has 224 valence electrons. The second kappa shape index (κ2) is 11.4. The second-order valence-electron chi connectivity index (χ2n) is 12.1. The highest BCUT2D eigenvalue weighted by Gasteiger charge is 2.42. The van der Waals surface area contributed by atoms with E-state index < -0.39 is 5.97 Å².